The summed E-state index contributed by atoms with van der Waals surface area (Å²) < 4.78 is 40.6. The number of hydrogen-bond acceptors (Lipinski definition) is 10. The Bertz CT molecular complexity index is 2480. The number of nitrogens with one attached hydrogen (secondary N) is 3. The number of pyridine rings is 1. The molecule has 2 aromatic heterocycles. The number of imide groups is 1. The monoisotopic (exact) mass is 869 g/mol. The maximum atomic E-state index is 13.6. The molecule has 2 aliphatic carbocycles. The van der Waals surface area contributed by atoms with Gasteiger partial charge < -0.3 is 20.6 Å². The van der Waals surface area contributed by atoms with Crippen molar-refractivity contribution in [2.75, 3.05) is 36.8 Å². The molecule has 5 heterocycles. The summed E-state index contributed by atoms with van der Waals surface area (Å²) in [4.78, 5) is 63.5. The number of anilines is 2. The second-order valence-corrected chi connectivity index (χ2v) is 19.6. The van der Waals surface area contributed by atoms with Gasteiger partial charge in [0, 0.05) is 66.7 Å². The van der Waals surface area contributed by atoms with Gasteiger partial charge in [-0.15, -0.1) is 11.3 Å². The van der Waals surface area contributed by atoms with E-state index in [0.717, 1.165) is 85.8 Å². The van der Waals surface area contributed by atoms with Gasteiger partial charge in [-0.3, -0.25) is 29.4 Å². The van der Waals surface area contributed by atoms with Crippen molar-refractivity contribution in [2.45, 2.75) is 95.4 Å². The summed E-state index contributed by atoms with van der Waals surface area (Å²) in [7, 11) is 0. The fourth-order valence-corrected chi connectivity index (χ4v) is 11.7. The zero-order chi connectivity index (χ0) is 43.7. The molecular formula is C46H50F3N7O5S. The number of aliphatic hydroxyl groups is 1. The van der Waals surface area contributed by atoms with Crippen LogP contribution < -0.4 is 16.0 Å². The summed E-state index contributed by atoms with van der Waals surface area (Å²) in [6.07, 6.45) is 3.50. The molecule has 4 N–H and O–H groups in total. The molecule has 5 aliphatic rings. The highest BCUT2D eigenvalue weighted by molar-refractivity contribution is 7.18. The molecule has 16 heteroatoms. The summed E-state index contributed by atoms with van der Waals surface area (Å²) >= 11 is 1.56. The summed E-state index contributed by atoms with van der Waals surface area (Å²) in [6, 6.07) is 11.6. The molecule has 2 saturated heterocycles. The van der Waals surface area contributed by atoms with E-state index in [1.54, 1.807) is 37.3 Å². The second-order valence-electron chi connectivity index (χ2n) is 18.5. The van der Waals surface area contributed by atoms with Crippen LogP contribution in [0.5, 0.6) is 0 Å². The molecule has 0 radical (unpaired) electrons. The van der Waals surface area contributed by atoms with Crippen molar-refractivity contribution in [1.82, 2.24) is 25.1 Å². The van der Waals surface area contributed by atoms with Crippen molar-refractivity contribution in [3.63, 3.8) is 0 Å². The van der Waals surface area contributed by atoms with Gasteiger partial charge in [-0.05, 0) is 113 Å². The lowest BCUT2D eigenvalue weighted by atomic mass is 9.57. The third kappa shape index (κ3) is 8.12. The number of fused-ring (bicyclic) bond motifs is 2. The summed E-state index contributed by atoms with van der Waals surface area (Å²) in [6.45, 7) is 11.4. The van der Waals surface area contributed by atoms with Crippen molar-refractivity contribution < 1.29 is 37.5 Å². The smallest absolute Gasteiger partial charge is 0.386 e. The average Bonchev–Trinajstić information content (AvgIpc) is 3.73. The Morgan fingerprint density at radius 2 is 1.73 bits per heavy atom. The van der Waals surface area contributed by atoms with E-state index in [1.807, 2.05) is 18.2 Å². The van der Waals surface area contributed by atoms with E-state index in [-0.39, 0.29) is 30.3 Å². The number of carbonyl (C=O) groups excluding carboxylic acids is 4. The predicted molar refractivity (Wildman–Crippen MR) is 229 cm³/mol. The Hall–Kier alpha value is -5.19. The molecule has 62 heavy (non-hydrogen) atoms. The first kappa shape index (κ1) is 42.1. The van der Waals surface area contributed by atoms with Crippen LogP contribution in [-0.4, -0.2) is 80.7 Å². The number of rotatable bonds is 11. The SMILES string of the molecule is C=C1c2cccc(NCCC3CC4(C3)CN(C[C@H]3CC[C@H](c5nc6cc(C(C)(C)O)c(NC(=O)c7cccc(C(F)(F)F)n7)cc6s5)CC3)C4)c2C(=O)N1C1CCC(=O)NC1=O. The molecule has 1 unspecified atom stereocenters. The molecule has 2 saturated carbocycles. The summed E-state index contributed by atoms with van der Waals surface area (Å²) in [5.74, 6) is -0.275. The van der Waals surface area contributed by atoms with Crippen LogP contribution in [0.2, 0.25) is 0 Å². The molecule has 326 valence electrons. The van der Waals surface area contributed by atoms with E-state index in [4.69, 9.17) is 4.98 Å². The number of hydrogen-bond donors (Lipinski definition) is 4. The van der Waals surface area contributed by atoms with Gasteiger partial charge in [0.2, 0.25) is 11.8 Å². The third-order valence-corrected chi connectivity index (χ3v) is 14.7. The molecule has 12 nitrogen and oxygen atoms in total. The van der Waals surface area contributed by atoms with E-state index in [1.165, 1.54) is 23.8 Å². The molecule has 2 aromatic carbocycles. The van der Waals surface area contributed by atoms with Gasteiger partial charge in [0.1, 0.15) is 17.4 Å². The van der Waals surface area contributed by atoms with E-state index < -0.39 is 35.3 Å². The molecular weight excluding hydrogens is 820 g/mol. The van der Waals surface area contributed by atoms with E-state index in [2.05, 4.69) is 32.4 Å². The van der Waals surface area contributed by atoms with Gasteiger partial charge in [-0.25, -0.2) is 9.97 Å². The lowest BCUT2D eigenvalue weighted by molar-refractivity contribution is -0.141. The van der Waals surface area contributed by atoms with E-state index in [9.17, 15) is 37.5 Å². The van der Waals surface area contributed by atoms with Crippen LogP contribution in [0.4, 0.5) is 24.5 Å². The normalized spacial score (nSPS) is 23.0. The topological polar surface area (TPSA) is 157 Å². The number of benzene rings is 2. The maximum Gasteiger partial charge on any atom is 0.433 e. The highest BCUT2D eigenvalue weighted by atomic mass is 32.1. The number of alkyl halides is 3. The molecule has 1 spiro atoms. The molecule has 0 bridgehead atoms. The minimum absolute atomic E-state index is 0.187. The average molecular weight is 870 g/mol. The Morgan fingerprint density at radius 1 is 0.984 bits per heavy atom. The fraction of sp³-hybridized carbons (Fsp3) is 0.478. The largest absolute Gasteiger partial charge is 0.433 e. The number of piperidine rings is 1. The van der Waals surface area contributed by atoms with Crippen molar-refractivity contribution in [2.24, 2.45) is 17.3 Å². The minimum Gasteiger partial charge on any atom is -0.386 e. The highest BCUT2D eigenvalue weighted by Crippen LogP contribution is 2.54. The molecule has 4 fully saturated rings. The lowest BCUT2D eigenvalue weighted by Gasteiger charge is -2.60. The lowest BCUT2D eigenvalue weighted by Crippen LogP contribution is -2.63. The number of thiazole rings is 1. The first-order valence-electron chi connectivity index (χ1n) is 21.4. The number of likely N-dealkylation sites (tertiary alicyclic amines) is 1. The standard InChI is InChI=1S/C46H50F3N7O5S/c1-25-29-6-4-7-31(39(29)43(60)56(25)35-14-15-38(57)54-41(35)59)50-17-16-27-20-45(21-27)23-55(24-45)22-26-10-12-28(13-11-26)42-53-34-18-30(44(2,3)61)33(19-36(34)62-42)52-40(58)32-8-5-9-37(51-32)46(47,48)49/h4-9,18-19,26-28,35,50,61H,1,10-17,20-24H2,2-3H3,(H,52,58)(H,54,57,59)/t26-,28-,35?. The van der Waals surface area contributed by atoms with Crippen molar-refractivity contribution >= 4 is 62.3 Å². The van der Waals surface area contributed by atoms with Gasteiger partial charge in [0.05, 0.1) is 26.4 Å². The fourth-order valence-electron chi connectivity index (χ4n) is 10.5. The van der Waals surface area contributed by atoms with Gasteiger partial charge in [0.15, 0.2) is 0 Å². The quantitative estimate of drug-likeness (QED) is 0.110. The zero-order valence-electron chi connectivity index (χ0n) is 34.7. The van der Waals surface area contributed by atoms with Crippen LogP contribution in [0.3, 0.4) is 0 Å². The highest BCUT2D eigenvalue weighted by Gasteiger charge is 2.52. The number of nitrogens with zero attached hydrogens (tertiary/aromatic N) is 4. The van der Waals surface area contributed by atoms with Crippen LogP contribution in [0.1, 0.15) is 120 Å². The van der Waals surface area contributed by atoms with Gasteiger partial charge in [-0.2, -0.15) is 13.2 Å². The van der Waals surface area contributed by atoms with E-state index in [0.29, 0.717) is 56.8 Å². The van der Waals surface area contributed by atoms with Crippen LogP contribution >= 0.6 is 11.3 Å². The minimum atomic E-state index is -4.69. The molecule has 9 rings (SSSR count). The molecule has 3 aliphatic heterocycles. The first-order valence-corrected chi connectivity index (χ1v) is 22.2. The predicted octanol–water partition coefficient (Wildman–Crippen LogP) is 7.91. The van der Waals surface area contributed by atoms with Crippen molar-refractivity contribution in [1.29, 1.82) is 0 Å². The third-order valence-electron chi connectivity index (χ3n) is 13.5. The van der Waals surface area contributed by atoms with Crippen LogP contribution in [-0.2, 0) is 21.4 Å². The molecule has 4 aromatic rings. The number of halogens is 3. The maximum absolute atomic E-state index is 13.6. The van der Waals surface area contributed by atoms with Crippen molar-refractivity contribution in [3.8, 4) is 0 Å². The Balaban J connectivity index is 0.735. The van der Waals surface area contributed by atoms with Crippen LogP contribution in [0.15, 0.2) is 55.1 Å². The summed E-state index contributed by atoms with van der Waals surface area (Å²) in [5.41, 5.74) is 1.44. The number of carbonyl (C=O) groups is 4. The van der Waals surface area contributed by atoms with Gasteiger partial charge in [0.25, 0.3) is 11.8 Å². The Labute approximate surface area is 361 Å². The Kier molecular flexibility index (Phi) is 10.8. The Morgan fingerprint density at radius 3 is 2.44 bits per heavy atom. The number of amides is 4. The van der Waals surface area contributed by atoms with Crippen LogP contribution in [0.25, 0.3) is 15.9 Å². The van der Waals surface area contributed by atoms with Gasteiger partial charge >= 0.3 is 6.18 Å². The van der Waals surface area contributed by atoms with Crippen molar-refractivity contribution in [3.05, 3.63) is 88.2 Å². The number of aromatic nitrogens is 2. The second kappa shape index (κ2) is 15.9. The zero-order valence-corrected chi connectivity index (χ0v) is 35.6. The summed E-state index contributed by atoms with van der Waals surface area (Å²) in [5, 5.41) is 20.6. The van der Waals surface area contributed by atoms with Crippen LogP contribution in [0, 0.1) is 17.3 Å². The van der Waals surface area contributed by atoms with Gasteiger partial charge in [-0.1, -0.05) is 24.8 Å². The molecule has 4 amide bonds. The first-order chi connectivity index (χ1) is 29.4. The molecule has 1 atom stereocenters. The van der Waals surface area contributed by atoms with E-state index >= 15 is 0 Å².